The summed E-state index contributed by atoms with van der Waals surface area (Å²) in [7, 11) is 0. The molecular formula is C22H23N3O3S. The molecule has 6 nitrogen and oxygen atoms in total. The van der Waals surface area contributed by atoms with Crippen molar-refractivity contribution in [1.82, 2.24) is 15.1 Å². The summed E-state index contributed by atoms with van der Waals surface area (Å²) >= 11 is 5.45. The second-order valence-electron chi connectivity index (χ2n) is 6.93. The molecule has 2 aromatic carbocycles. The quantitative estimate of drug-likeness (QED) is 0.784. The Labute approximate surface area is 175 Å². The van der Waals surface area contributed by atoms with Crippen LogP contribution >= 0.6 is 12.2 Å². The molecule has 0 saturated carbocycles. The Bertz CT molecular complexity index is 909. The largest absolute Gasteiger partial charge is 0.454 e. The van der Waals surface area contributed by atoms with Gasteiger partial charge in [-0.1, -0.05) is 42.5 Å². The predicted molar refractivity (Wildman–Crippen MR) is 116 cm³/mol. The molecule has 2 aliphatic heterocycles. The number of carbonyl (C=O) groups is 1. The third-order valence-electron chi connectivity index (χ3n) is 4.99. The Morgan fingerprint density at radius 2 is 1.79 bits per heavy atom. The molecule has 0 unspecified atom stereocenters. The molecule has 0 aromatic heterocycles. The van der Waals surface area contributed by atoms with Crippen LogP contribution in [0.1, 0.15) is 15.9 Å². The summed E-state index contributed by atoms with van der Waals surface area (Å²) in [5.41, 5.74) is 1.71. The highest BCUT2D eigenvalue weighted by atomic mass is 32.1. The number of thiocarbonyl (C=S) groups is 1. The third-order valence-corrected chi connectivity index (χ3v) is 5.35. The van der Waals surface area contributed by atoms with E-state index in [-0.39, 0.29) is 12.7 Å². The fraction of sp³-hybridized carbons (Fsp3) is 0.273. The molecule has 0 atom stereocenters. The van der Waals surface area contributed by atoms with Gasteiger partial charge >= 0.3 is 0 Å². The van der Waals surface area contributed by atoms with Gasteiger partial charge in [-0.05, 0) is 36.0 Å². The zero-order chi connectivity index (χ0) is 20.1. The lowest BCUT2D eigenvalue weighted by Gasteiger charge is -2.35. The van der Waals surface area contributed by atoms with Crippen LogP contribution in [0.5, 0.6) is 11.5 Å². The number of benzene rings is 2. The van der Waals surface area contributed by atoms with Gasteiger partial charge in [-0.25, -0.2) is 0 Å². The Kier molecular flexibility index (Phi) is 6.07. The van der Waals surface area contributed by atoms with Crippen molar-refractivity contribution in [1.29, 1.82) is 0 Å². The monoisotopic (exact) mass is 409 g/mol. The number of ether oxygens (including phenoxy) is 2. The van der Waals surface area contributed by atoms with E-state index >= 15 is 0 Å². The lowest BCUT2D eigenvalue weighted by atomic mass is 10.2. The molecule has 0 radical (unpaired) electrons. The highest BCUT2D eigenvalue weighted by Gasteiger charge is 2.21. The molecule has 1 saturated heterocycles. The van der Waals surface area contributed by atoms with E-state index < -0.39 is 0 Å². The Balaban J connectivity index is 1.23. The van der Waals surface area contributed by atoms with Gasteiger partial charge in [0.2, 0.25) is 6.79 Å². The van der Waals surface area contributed by atoms with Crippen LogP contribution in [0.15, 0.2) is 54.6 Å². The Morgan fingerprint density at radius 3 is 2.59 bits per heavy atom. The van der Waals surface area contributed by atoms with Crippen molar-refractivity contribution < 1.29 is 14.3 Å². The standard InChI is InChI=1S/C22H23N3O3S/c26-21(18-8-9-19-20(15-18)28-16-27-19)23-22(29)25-13-11-24(12-14-25)10-4-7-17-5-2-1-3-6-17/h1-9,15H,10-14,16H2,(H,23,26,29). The molecule has 2 aliphatic rings. The van der Waals surface area contributed by atoms with E-state index in [1.165, 1.54) is 5.56 Å². The van der Waals surface area contributed by atoms with Crippen molar-refractivity contribution in [2.24, 2.45) is 0 Å². The zero-order valence-corrected chi connectivity index (χ0v) is 16.9. The first-order valence-corrected chi connectivity index (χ1v) is 10.0. The molecule has 2 aromatic rings. The number of carbonyl (C=O) groups excluding carboxylic acids is 1. The molecular weight excluding hydrogens is 386 g/mol. The second-order valence-corrected chi connectivity index (χ2v) is 7.31. The van der Waals surface area contributed by atoms with Crippen molar-refractivity contribution in [3.05, 3.63) is 65.7 Å². The van der Waals surface area contributed by atoms with Crippen LogP contribution in [-0.4, -0.2) is 60.3 Å². The van der Waals surface area contributed by atoms with Gasteiger partial charge in [-0.3, -0.25) is 15.0 Å². The molecule has 1 amide bonds. The molecule has 2 heterocycles. The third kappa shape index (κ3) is 4.93. The number of hydrogen-bond acceptors (Lipinski definition) is 5. The molecule has 150 valence electrons. The number of amides is 1. The van der Waals surface area contributed by atoms with Crippen molar-refractivity contribution in [3.8, 4) is 11.5 Å². The number of hydrogen-bond donors (Lipinski definition) is 1. The topological polar surface area (TPSA) is 54.0 Å². The first kappa shape index (κ1) is 19.4. The zero-order valence-electron chi connectivity index (χ0n) is 16.0. The lowest BCUT2D eigenvalue weighted by Crippen LogP contribution is -2.52. The number of nitrogens with one attached hydrogen (secondary N) is 1. The number of nitrogens with zero attached hydrogens (tertiary/aromatic N) is 2. The SMILES string of the molecule is O=C(NC(=S)N1CCN(CC=Cc2ccccc2)CC1)c1ccc2c(c1)OCO2. The average Bonchev–Trinajstić information content (AvgIpc) is 3.23. The smallest absolute Gasteiger partial charge is 0.257 e. The maximum absolute atomic E-state index is 12.5. The van der Waals surface area contributed by atoms with Gasteiger partial charge in [-0.2, -0.15) is 0 Å². The van der Waals surface area contributed by atoms with E-state index in [0.717, 1.165) is 32.7 Å². The maximum atomic E-state index is 12.5. The minimum absolute atomic E-state index is 0.184. The number of rotatable bonds is 4. The summed E-state index contributed by atoms with van der Waals surface area (Å²) in [6.07, 6.45) is 4.33. The lowest BCUT2D eigenvalue weighted by molar-refractivity contribution is 0.0969. The van der Waals surface area contributed by atoms with Gasteiger partial charge < -0.3 is 14.4 Å². The van der Waals surface area contributed by atoms with E-state index in [2.05, 4.69) is 34.5 Å². The summed E-state index contributed by atoms with van der Waals surface area (Å²) in [6.45, 7) is 4.47. The van der Waals surface area contributed by atoms with Crippen molar-refractivity contribution >= 4 is 29.3 Å². The summed E-state index contributed by atoms with van der Waals surface area (Å²) in [5.74, 6) is 1.00. The minimum Gasteiger partial charge on any atom is -0.454 e. The summed E-state index contributed by atoms with van der Waals surface area (Å²) in [6, 6.07) is 15.4. The highest BCUT2D eigenvalue weighted by Crippen LogP contribution is 2.32. The molecule has 0 aliphatic carbocycles. The first-order valence-electron chi connectivity index (χ1n) is 9.63. The van der Waals surface area contributed by atoms with Gasteiger partial charge in [0.05, 0.1) is 0 Å². The van der Waals surface area contributed by atoms with Crippen molar-refractivity contribution in [2.75, 3.05) is 39.5 Å². The molecule has 0 spiro atoms. The predicted octanol–water partition coefficient (Wildman–Crippen LogP) is 2.76. The van der Waals surface area contributed by atoms with E-state index in [1.54, 1.807) is 18.2 Å². The molecule has 1 N–H and O–H groups in total. The minimum atomic E-state index is -0.235. The van der Waals surface area contributed by atoms with Crippen LogP contribution in [0.25, 0.3) is 6.08 Å². The first-order chi connectivity index (χ1) is 14.2. The number of fused-ring (bicyclic) bond motifs is 1. The molecule has 29 heavy (non-hydrogen) atoms. The Morgan fingerprint density at radius 1 is 1.03 bits per heavy atom. The van der Waals surface area contributed by atoms with Gasteiger partial charge in [0, 0.05) is 38.3 Å². The van der Waals surface area contributed by atoms with Crippen LogP contribution in [0.2, 0.25) is 0 Å². The van der Waals surface area contributed by atoms with Gasteiger partial charge in [0.1, 0.15) is 0 Å². The molecule has 7 heteroatoms. The summed E-state index contributed by atoms with van der Waals surface area (Å²) in [5, 5.41) is 3.29. The normalized spacial score (nSPS) is 16.2. The van der Waals surface area contributed by atoms with Gasteiger partial charge in [0.15, 0.2) is 16.6 Å². The summed E-state index contributed by atoms with van der Waals surface area (Å²) < 4.78 is 10.6. The maximum Gasteiger partial charge on any atom is 0.257 e. The van der Waals surface area contributed by atoms with Gasteiger partial charge in [-0.15, -0.1) is 0 Å². The van der Waals surface area contributed by atoms with Crippen LogP contribution in [0, 0.1) is 0 Å². The second kappa shape index (κ2) is 9.07. The number of piperazine rings is 1. The van der Waals surface area contributed by atoms with E-state index in [9.17, 15) is 4.79 Å². The molecule has 0 bridgehead atoms. The highest BCUT2D eigenvalue weighted by molar-refractivity contribution is 7.80. The average molecular weight is 410 g/mol. The molecule has 4 rings (SSSR count). The van der Waals surface area contributed by atoms with Crippen LogP contribution in [0.3, 0.4) is 0 Å². The van der Waals surface area contributed by atoms with Gasteiger partial charge in [0.25, 0.3) is 5.91 Å². The summed E-state index contributed by atoms with van der Waals surface area (Å²) in [4.78, 5) is 16.9. The fourth-order valence-corrected chi connectivity index (χ4v) is 3.60. The van der Waals surface area contributed by atoms with Crippen LogP contribution < -0.4 is 14.8 Å². The van der Waals surface area contributed by atoms with Crippen molar-refractivity contribution in [3.63, 3.8) is 0 Å². The van der Waals surface area contributed by atoms with Crippen molar-refractivity contribution in [2.45, 2.75) is 0 Å². The van der Waals surface area contributed by atoms with Crippen LogP contribution in [-0.2, 0) is 0 Å². The Hall–Kier alpha value is -2.90. The van der Waals surface area contributed by atoms with E-state index in [0.29, 0.717) is 22.2 Å². The van der Waals surface area contributed by atoms with E-state index in [1.807, 2.05) is 23.1 Å². The molecule has 1 fully saturated rings. The fourth-order valence-electron chi connectivity index (χ4n) is 3.32. The van der Waals surface area contributed by atoms with E-state index in [4.69, 9.17) is 21.7 Å². The van der Waals surface area contributed by atoms with Crippen LogP contribution in [0.4, 0.5) is 0 Å².